The highest BCUT2D eigenvalue weighted by molar-refractivity contribution is 5.91. The Balaban J connectivity index is 1.89. The third-order valence-corrected chi connectivity index (χ3v) is 5.08. The molecule has 28 heavy (non-hydrogen) atoms. The van der Waals surface area contributed by atoms with E-state index in [4.69, 9.17) is 15.3 Å². The van der Waals surface area contributed by atoms with Gasteiger partial charge >= 0.3 is 0 Å². The van der Waals surface area contributed by atoms with Gasteiger partial charge in [0, 0.05) is 6.54 Å². The molecule has 0 spiro atoms. The van der Waals surface area contributed by atoms with Crippen molar-refractivity contribution in [3.8, 4) is 0 Å². The van der Waals surface area contributed by atoms with Gasteiger partial charge in [0.05, 0.1) is 6.61 Å². The molecule has 1 amide bonds. The van der Waals surface area contributed by atoms with E-state index in [-0.39, 0.29) is 24.1 Å². The van der Waals surface area contributed by atoms with E-state index >= 15 is 0 Å². The van der Waals surface area contributed by atoms with E-state index in [1.54, 1.807) is 0 Å². The third-order valence-electron chi connectivity index (χ3n) is 5.08. The number of amides is 1. The molecule has 0 aliphatic carbocycles. The van der Waals surface area contributed by atoms with Crippen LogP contribution in [-0.2, 0) is 0 Å². The molecule has 6 nitrogen and oxygen atoms in total. The van der Waals surface area contributed by atoms with Crippen LogP contribution in [0.2, 0.25) is 0 Å². The highest BCUT2D eigenvalue weighted by Crippen LogP contribution is 2.13. The largest absolute Gasteiger partial charge is 0.446 e. The summed E-state index contributed by atoms with van der Waals surface area (Å²) in [7, 11) is 0. The minimum Gasteiger partial charge on any atom is -0.446 e. The quantitative estimate of drug-likeness (QED) is 0.308. The monoisotopic (exact) mass is 395 g/mol. The van der Waals surface area contributed by atoms with Crippen molar-refractivity contribution in [1.82, 2.24) is 10.3 Å². The summed E-state index contributed by atoms with van der Waals surface area (Å²) in [5.74, 6) is -0.0704. The number of rotatable bonds is 18. The Morgan fingerprint density at radius 2 is 1.50 bits per heavy atom. The van der Waals surface area contributed by atoms with Gasteiger partial charge in [-0.05, 0) is 6.42 Å². The first-order valence-corrected chi connectivity index (χ1v) is 11.3. The topological polar surface area (TPSA) is 101 Å². The molecule has 0 saturated heterocycles. The number of nitrogens with zero attached hydrogens (tertiary/aromatic N) is 1. The number of aromatic nitrogens is 1. The van der Waals surface area contributed by atoms with Gasteiger partial charge in [0.15, 0.2) is 5.69 Å². The summed E-state index contributed by atoms with van der Waals surface area (Å²) in [6.45, 7) is 2.65. The first-order chi connectivity index (χ1) is 13.7. The fraction of sp³-hybridized carbons (Fsp3) is 0.818. The Labute approximate surface area is 170 Å². The van der Waals surface area contributed by atoms with Gasteiger partial charge in [-0.1, -0.05) is 90.4 Å². The molecule has 0 radical (unpaired) electrons. The van der Waals surface area contributed by atoms with Gasteiger partial charge in [-0.25, -0.2) is 4.98 Å². The van der Waals surface area contributed by atoms with Crippen LogP contribution in [-0.4, -0.2) is 29.1 Å². The second-order valence-corrected chi connectivity index (χ2v) is 7.71. The number of unbranched alkanes of at least 4 members (excludes halogenated alkanes) is 13. The highest BCUT2D eigenvalue weighted by Gasteiger charge is 2.15. The second-order valence-electron chi connectivity index (χ2n) is 7.71. The zero-order valence-electron chi connectivity index (χ0n) is 17.8. The molecular weight excluding hydrogens is 354 g/mol. The predicted molar refractivity (Wildman–Crippen MR) is 113 cm³/mol. The zero-order valence-corrected chi connectivity index (χ0v) is 17.8. The molecular formula is C22H41N3O3. The van der Waals surface area contributed by atoms with Crippen LogP contribution in [0.4, 0.5) is 0 Å². The summed E-state index contributed by atoms with van der Waals surface area (Å²) in [6.07, 6.45) is 19.7. The Morgan fingerprint density at radius 1 is 1.00 bits per heavy atom. The fourth-order valence-electron chi connectivity index (χ4n) is 3.25. The molecule has 0 aromatic carbocycles. The van der Waals surface area contributed by atoms with Gasteiger partial charge in [-0.2, -0.15) is 0 Å². The second kappa shape index (κ2) is 16.5. The first kappa shape index (κ1) is 24.6. The van der Waals surface area contributed by atoms with Gasteiger partial charge < -0.3 is 20.6 Å². The SMILES string of the molecule is CCCCCCCCCCCCCCCCNC(=O)c1coc(C(N)CO)n1. The molecule has 0 aliphatic rings. The molecule has 1 heterocycles. The summed E-state index contributed by atoms with van der Waals surface area (Å²) in [4.78, 5) is 16.0. The molecule has 1 unspecified atom stereocenters. The summed E-state index contributed by atoms with van der Waals surface area (Å²) in [5, 5.41) is 11.8. The number of nitrogens with two attached hydrogens (primary N) is 1. The minimum absolute atomic E-state index is 0.184. The molecule has 0 fully saturated rings. The molecule has 4 N–H and O–H groups in total. The maximum Gasteiger partial charge on any atom is 0.273 e. The Hall–Kier alpha value is -1.40. The van der Waals surface area contributed by atoms with Crippen molar-refractivity contribution in [2.45, 2.75) is 103 Å². The normalized spacial score (nSPS) is 12.2. The van der Waals surface area contributed by atoms with Crippen molar-refractivity contribution in [2.24, 2.45) is 5.73 Å². The third kappa shape index (κ3) is 11.4. The van der Waals surface area contributed by atoms with Crippen molar-refractivity contribution >= 4 is 5.91 Å². The van der Waals surface area contributed by atoms with E-state index < -0.39 is 6.04 Å². The molecule has 162 valence electrons. The van der Waals surface area contributed by atoms with Crippen LogP contribution >= 0.6 is 0 Å². The average Bonchev–Trinajstić information content (AvgIpc) is 3.20. The lowest BCUT2D eigenvalue weighted by atomic mass is 10.0. The van der Waals surface area contributed by atoms with Crippen LogP contribution < -0.4 is 11.1 Å². The van der Waals surface area contributed by atoms with Gasteiger partial charge in [0.2, 0.25) is 5.89 Å². The van der Waals surface area contributed by atoms with Gasteiger partial charge in [-0.15, -0.1) is 0 Å². The minimum atomic E-state index is -0.688. The van der Waals surface area contributed by atoms with Crippen LogP contribution in [0.1, 0.15) is 119 Å². The summed E-state index contributed by atoms with van der Waals surface area (Å²) in [6, 6.07) is -0.688. The molecule has 1 rings (SSSR count). The molecule has 0 saturated carbocycles. The van der Waals surface area contributed by atoms with Crippen LogP contribution in [0.25, 0.3) is 0 Å². The van der Waals surface area contributed by atoms with E-state index in [0.29, 0.717) is 6.54 Å². The van der Waals surface area contributed by atoms with Crippen molar-refractivity contribution in [3.05, 3.63) is 17.8 Å². The van der Waals surface area contributed by atoms with Crippen LogP contribution in [0, 0.1) is 0 Å². The molecule has 0 aliphatic heterocycles. The standard InChI is InChI=1S/C22H41N3O3/c1-2-3-4-5-6-7-8-9-10-11-12-13-14-15-16-24-21(27)20-18-28-22(25-20)19(23)17-26/h18-19,26H,2-17,23H2,1H3,(H,24,27). The van der Waals surface area contributed by atoms with Crippen LogP contribution in [0.5, 0.6) is 0 Å². The Bertz CT molecular complexity index is 505. The van der Waals surface area contributed by atoms with Crippen molar-refractivity contribution < 1.29 is 14.3 Å². The van der Waals surface area contributed by atoms with E-state index in [1.807, 2.05) is 0 Å². The van der Waals surface area contributed by atoms with Gasteiger partial charge in [-0.3, -0.25) is 4.79 Å². The maximum atomic E-state index is 12.0. The van der Waals surface area contributed by atoms with Crippen molar-refractivity contribution in [2.75, 3.05) is 13.2 Å². The number of hydrogen-bond acceptors (Lipinski definition) is 5. The predicted octanol–water partition coefficient (Wildman–Crippen LogP) is 4.88. The fourth-order valence-corrected chi connectivity index (χ4v) is 3.25. The van der Waals surface area contributed by atoms with Gasteiger partial charge in [0.1, 0.15) is 12.3 Å². The lowest BCUT2D eigenvalue weighted by Crippen LogP contribution is -2.25. The summed E-state index contributed by atoms with van der Waals surface area (Å²) >= 11 is 0. The number of aliphatic hydroxyl groups excluding tert-OH is 1. The van der Waals surface area contributed by atoms with Gasteiger partial charge in [0.25, 0.3) is 5.91 Å². The van der Waals surface area contributed by atoms with E-state index in [9.17, 15) is 4.79 Å². The van der Waals surface area contributed by atoms with Crippen LogP contribution in [0.15, 0.2) is 10.7 Å². The first-order valence-electron chi connectivity index (χ1n) is 11.3. The number of carbonyl (C=O) groups excluding carboxylic acids is 1. The highest BCUT2D eigenvalue weighted by atomic mass is 16.3. The number of nitrogens with one attached hydrogen (secondary N) is 1. The maximum absolute atomic E-state index is 12.0. The number of hydrogen-bond donors (Lipinski definition) is 3. The lowest BCUT2D eigenvalue weighted by molar-refractivity contribution is 0.0948. The molecule has 1 aromatic rings. The van der Waals surface area contributed by atoms with E-state index in [1.165, 1.54) is 83.3 Å². The number of aliphatic hydroxyl groups is 1. The molecule has 1 atom stereocenters. The smallest absolute Gasteiger partial charge is 0.273 e. The number of carbonyl (C=O) groups is 1. The van der Waals surface area contributed by atoms with Crippen LogP contribution in [0.3, 0.4) is 0 Å². The van der Waals surface area contributed by atoms with Crippen molar-refractivity contribution in [1.29, 1.82) is 0 Å². The van der Waals surface area contributed by atoms with E-state index in [0.717, 1.165) is 12.8 Å². The lowest BCUT2D eigenvalue weighted by Gasteiger charge is -2.04. The molecule has 0 bridgehead atoms. The molecule has 1 aromatic heterocycles. The zero-order chi connectivity index (χ0) is 20.5. The van der Waals surface area contributed by atoms with Crippen molar-refractivity contribution in [3.63, 3.8) is 0 Å². The Kier molecular flexibility index (Phi) is 14.6. The number of oxazole rings is 1. The van der Waals surface area contributed by atoms with E-state index in [2.05, 4.69) is 17.2 Å². The summed E-state index contributed by atoms with van der Waals surface area (Å²) < 4.78 is 5.11. The summed E-state index contributed by atoms with van der Waals surface area (Å²) in [5.41, 5.74) is 5.82. The average molecular weight is 396 g/mol. The molecule has 6 heteroatoms. The Morgan fingerprint density at radius 3 is 2.00 bits per heavy atom.